The Labute approximate surface area is 131 Å². The highest BCUT2D eigenvalue weighted by Gasteiger charge is 2.14. The predicted molar refractivity (Wildman–Crippen MR) is 87.3 cm³/mol. The Morgan fingerprint density at radius 3 is 2.67 bits per heavy atom. The van der Waals surface area contributed by atoms with E-state index in [-0.39, 0.29) is 0 Å². The fraction of sp³-hybridized carbons (Fsp3) is 0.133. The zero-order chi connectivity index (χ0) is 15.0. The molecule has 0 saturated carbocycles. The molecule has 1 aromatic heterocycles. The van der Waals surface area contributed by atoms with Crippen molar-refractivity contribution in [1.29, 1.82) is 0 Å². The molecule has 0 saturated heterocycles. The van der Waals surface area contributed by atoms with Gasteiger partial charge in [0.15, 0.2) is 9.84 Å². The molecular formula is C15H13BrN2O2S. The van der Waals surface area contributed by atoms with Crippen LogP contribution < -0.4 is 0 Å². The highest BCUT2D eigenvalue weighted by molar-refractivity contribution is 9.08. The molecule has 0 unspecified atom stereocenters. The van der Waals surface area contributed by atoms with Crippen molar-refractivity contribution >= 4 is 36.8 Å². The summed E-state index contributed by atoms with van der Waals surface area (Å²) < 4.78 is 23.8. The highest BCUT2D eigenvalue weighted by atomic mass is 79.9. The molecule has 0 aliphatic rings. The van der Waals surface area contributed by atoms with E-state index in [0.717, 1.165) is 22.4 Å². The van der Waals surface area contributed by atoms with Crippen molar-refractivity contribution in [2.75, 3.05) is 6.26 Å². The second-order valence-corrected chi connectivity index (χ2v) is 7.36. The van der Waals surface area contributed by atoms with Gasteiger partial charge in [0, 0.05) is 11.8 Å². The smallest absolute Gasteiger partial charge is 0.176 e. The Hall–Kier alpha value is -1.66. The lowest BCUT2D eigenvalue weighted by atomic mass is 10.1. The van der Waals surface area contributed by atoms with Crippen LogP contribution in [0.5, 0.6) is 0 Å². The lowest BCUT2D eigenvalue weighted by molar-refractivity contribution is 0.602. The molecule has 0 aliphatic carbocycles. The maximum atomic E-state index is 11.9. The third kappa shape index (κ3) is 2.73. The second kappa shape index (κ2) is 5.27. The van der Waals surface area contributed by atoms with Crippen LogP contribution in [0.3, 0.4) is 0 Å². The lowest BCUT2D eigenvalue weighted by Gasteiger charge is -2.07. The summed E-state index contributed by atoms with van der Waals surface area (Å²) in [5.74, 6) is 0.846. The minimum absolute atomic E-state index is 0.338. The fourth-order valence-corrected chi connectivity index (χ4v) is 3.50. The van der Waals surface area contributed by atoms with Gasteiger partial charge < -0.3 is 4.98 Å². The molecule has 0 aliphatic heterocycles. The Kier molecular flexibility index (Phi) is 3.59. The predicted octanol–water partition coefficient (Wildman–Crippen LogP) is 3.53. The number of hydrogen-bond acceptors (Lipinski definition) is 3. The molecule has 3 rings (SSSR count). The van der Waals surface area contributed by atoms with Crippen molar-refractivity contribution in [1.82, 2.24) is 9.97 Å². The first kappa shape index (κ1) is 14.3. The molecule has 4 nitrogen and oxygen atoms in total. The van der Waals surface area contributed by atoms with Crippen molar-refractivity contribution in [2.45, 2.75) is 10.2 Å². The summed E-state index contributed by atoms with van der Waals surface area (Å²) in [6, 6.07) is 12.7. The third-order valence-electron chi connectivity index (χ3n) is 3.26. The van der Waals surface area contributed by atoms with E-state index in [1.54, 1.807) is 12.1 Å². The number of aromatic amines is 1. The van der Waals surface area contributed by atoms with Gasteiger partial charge in [0.2, 0.25) is 0 Å². The second-order valence-electron chi connectivity index (χ2n) is 4.82. The number of nitrogens with zero attached hydrogens (tertiary/aromatic N) is 1. The van der Waals surface area contributed by atoms with Gasteiger partial charge in [0.05, 0.1) is 21.3 Å². The van der Waals surface area contributed by atoms with E-state index < -0.39 is 9.84 Å². The van der Waals surface area contributed by atoms with Crippen molar-refractivity contribution in [3.05, 3.63) is 48.3 Å². The average Bonchev–Trinajstić information content (AvgIpc) is 2.88. The van der Waals surface area contributed by atoms with E-state index in [0.29, 0.717) is 15.8 Å². The van der Waals surface area contributed by atoms with Gasteiger partial charge in [-0.1, -0.05) is 40.2 Å². The van der Waals surface area contributed by atoms with Crippen molar-refractivity contribution in [3.63, 3.8) is 0 Å². The molecule has 0 bridgehead atoms. The Balaban J connectivity index is 2.21. The topological polar surface area (TPSA) is 62.8 Å². The minimum atomic E-state index is -3.27. The number of benzene rings is 2. The average molecular weight is 365 g/mol. The molecule has 2 aromatic carbocycles. The molecule has 1 heterocycles. The van der Waals surface area contributed by atoms with Crippen LogP contribution in [0.15, 0.2) is 47.4 Å². The van der Waals surface area contributed by atoms with Gasteiger partial charge in [-0.2, -0.15) is 0 Å². The number of sulfone groups is 1. The number of halogens is 1. The molecule has 0 radical (unpaired) electrons. The molecule has 0 fully saturated rings. The van der Waals surface area contributed by atoms with Crippen molar-refractivity contribution in [2.24, 2.45) is 0 Å². The van der Waals surface area contributed by atoms with E-state index in [1.165, 1.54) is 6.26 Å². The Bertz CT molecular complexity index is 916. The molecule has 0 atom stereocenters. The summed E-state index contributed by atoms with van der Waals surface area (Å²) in [4.78, 5) is 7.96. The largest absolute Gasteiger partial charge is 0.341 e. The third-order valence-corrected chi connectivity index (χ3v) is 4.94. The number of fused-ring (bicyclic) bond motifs is 1. The molecule has 0 spiro atoms. The molecule has 1 N–H and O–H groups in total. The summed E-state index contributed by atoms with van der Waals surface area (Å²) >= 11 is 3.36. The van der Waals surface area contributed by atoms with Crippen LogP contribution in [-0.2, 0) is 15.2 Å². The molecule has 3 aromatic rings. The van der Waals surface area contributed by atoms with Crippen LogP contribution in [0.1, 0.15) is 5.82 Å². The molecule has 6 heteroatoms. The molecule has 108 valence electrons. The summed E-state index contributed by atoms with van der Waals surface area (Å²) in [5.41, 5.74) is 3.32. The van der Waals surface area contributed by atoms with Crippen LogP contribution in [0.25, 0.3) is 22.2 Å². The van der Waals surface area contributed by atoms with E-state index in [9.17, 15) is 8.42 Å². The number of imidazole rings is 1. The molecule has 21 heavy (non-hydrogen) atoms. The monoisotopic (exact) mass is 364 g/mol. The zero-order valence-electron chi connectivity index (χ0n) is 11.3. The van der Waals surface area contributed by atoms with Gasteiger partial charge in [0.1, 0.15) is 5.82 Å². The van der Waals surface area contributed by atoms with Crippen LogP contribution in [0.2, 0.25) is 0 Å². The van der Waals surface area contributed by atoms with Crippen LogP contribution in [0, 0.1) is 0 Å². The van der Waals surface area contributed by atoms with E-state index >= 15 is 0 Å². The van der Waals surface area contributed by atoms with Gasteiger partial charge >= 0.3 is 0 Å². The summed E-state index contributed by atoms with van der Waals surface area (Å²) in [6.07, 6.45) is 1.23. The number of nitrogens with one attached hydrogen (secondary N) is 1. The van der Waals surface area contributed by atoms with E-state index in [4.69, 9.17) is 0 Å². The van der Waals surface area contributed by atoms with E-state index in [2.05, 4.69) is 25.9 Å². The van der Waals surface area contributed by atoms with Crippen LogP contribution >= 0.6 is 15.9 Å². The number of hydrogen-bond donors (Lipinski definition) is 1. The fourth-order valence-electron chi connectivity index (χ4n) is 2.32. The number of rotatable bonds is 3. The van der Waals surface area contributed by atoms with Crippen LogP contribution in [0.4, 0.5) is 0 Å². The van der Waals surface area contributed by atoms with Crippen molar-refractivity contribution < 1.29 is 8.42 Å². The van der Waals surface area contributed by atoms with Gasteiger partial charge in [0.25, 0.3) is 0 Å². The SMILES string of the molecule is CS(=O)(=O)c1ccccc1-c1ccc2nc(CBr)[nH]c2c1. The number of alkyl halides is 1. The van der Waals surface area contributed by atoms with Gasteiger partial charge in [-0.05, 0) is 23.8 Å². The minimum Gasteiger partial charge on any atom is -0.341 e. The maximum absolute atomic E-state index is 11.9. The van der Waals surface area contributed by atoms with Gasteiger partial charge in [-0.25, -0.2) is 13.4 Å². The first-order chi connectivity index (χ1) is 9.99. The highest BCUT2D eigenvalue weighted by Crippen LogP contribution is 2.29. The number of aromatic nitrogens is 2. The summed E-state index contributed by atoms with van der Waals surface area (Å²) in [5, 5.41) is 0.650. The van der Waals surface area contributed by atoms with Crippen LogP contribution in [-0.4, -0.2) is 24.6 Å². The lowest BCUT2D eigenvalue weighted by Crippen LogP contribution is -1.99. The first-order valence-corrected chi connectivity index (χ1v) is 9.34. The standard InChI is InChI=1S/C15H13BrN2O2S/c1-21(19,20)14-5-3-2-4-11(14)10-6-7-12-13(8-10)18-15(9-16)17-12/h2-8H,9H2,1H3,(H,17,18). The van der Waals surface area contributed by atoms with Gasteiger partial charge in [-0.3, -0.25) is 0 Å². The summed E-state index contributed by atoms with van der Waals surface area (Å²) in [7, 11) is -3.27. The van der Waals surface area contributed by atoms with E-state index in [1.807, 2.05) is 30.3 Å². The quantitative estimate of drug-likeness (QED) is 0.723. The van der Waals surface area contributed by atoms with Gasteiger partial charge in [-0.15, -0.1) is 0 Å². The number of H-pyrrole nitrogens is 1. The first-order valence-electron chi connectivity index (χ1n) is 6.33. The molecular weight excluding hydrogens is 352 g/mol. The normalized spacial score (nSPS) is 11.9. The zero-order valence-corrected chi connectivity index (χ0v) is 13.7. The Morgan fingerprint density at radius 1 is 1.19 bits per heavy atom. The maximum Gasteiger partial charge on any atom is 0.176 e. The van der Waals surface area contributed by atoms with Crippen molar-refractivity contribution in [3.8, 4) is 11.1 Å². The Morgan fingerprint density at radius 2 is 1.95 bits per heavy atom. The molecule has 0 amide bonds. The summed E-state index contributed by atoms with van der Waals surface area (Å²) in [6.45, 7) is 0.